The Bertz CT molecular complexity index is 1050. The maximum atomic E-state index is 13.1. The number of rotatable bonds is 4. The van der Waals surface area contributed by atoms with Crippen LogP contribution in [-0.4, -0.2) is 35.3 Å². The second-order valence-electron chi connectivity index (χ2n) is 6.86. The zero-order valence-electron chi connectivity index (χ0n) is 16.1. The number of fused-ring (bicyclic) bond motifs is 1. The lowest BCUT2D eigenvalue weighted by Gasteiger charge is -2.27. The molecule has 0 saturated carbocycles. The molecule has 1 N–H and O–H groups in total. The molecule has 6 nitrogen and oxygen atoms in total. The number of nitrogens with zero attached hydrogens (tertiary/aromatic N) is 5. The van der Waals surface area contributed by atoms with Gasteiger partial charge in [-0.2, -0.15) is 13.2 Å². The lowest BCUT2D eigenvalue weighted by Crippen LogP contribution is -2.28. The fourth-order valence-corrected chi connectivity index (χ4v) is 3.79. The molecule has 0 unspecified atom stereocenters. The maximum absolute atomic E-state index is 13.1. The predicted molar refractivity (Wildman–Crippen MR) is 113 cm³/mol. The second-order valence-corrected chi connectivity index (χ2v) is 7.69. The molecule has 156 valence electrons. The van der Waals surface area contributed by atoms with Crippen molar-refractivity contribution in [3.8, 4) is 11.3 Å². The molecule has 0 saturated heterocycles. The number of anilines is 3. The van der Waals surface area contributed by atoms with Gasteiger partial charge in [-0.05, 0) is 30.7 Å². The first kappa shape index (κ1) is 20.1. The van der Waals surface area contributed by atoms with Crippen LogP contribution in [0.15, 0.2) is 54.3 Å². The molecular weight excluding hydrogens is 413 g/mol. The van der Waals surface area contributed by atoms with Crippen LogP contribution in [0.25, 0.3) is 11.3 Å². The highest BCUT2D eigenvalue weighted by Crippen LogP contribution is 2.36. The van der Waals surface area contributed by atoms with E-state index < -0.39 is 11.7 Å². The van der Waals surface area contributed by atoms with Crippen molar-refractivity contribution in [1.29, 1.82) is 0 Å². The predicted octanol–water partition coefficient (Wildman–Crippen LogP) is 4.85. The van der Waals surface area contributed by atoms with Gasteiger partial charge in [0.05, 0.1) is 16.9 Å². The van der Waals surface area contributed by atoms with E-state index in [1.807, 2.05) is 18.0 Å². The topological polar surface area (TPSA) is 57.2 Å². The normalized spacial score (nSPS) is 14.3. The molecule has 0 bridgehead atoms. The average molecular weight is 432 g/mol. The van der Waals surface area contributed by atoms with Gasteiger partial charge in [-0.15, -0.1) is 10.2 Å². The molecular formula is C20H19F3N6S. The van der Waals surface area contributed by atoms with Crippen LogP contribution >= 0.6 is 11.3 Å². The first-order chi connectivity index (χ1) is 14.3. The summed E-state index contributed by atoms with van der Waals surface area (Å²) in [5, 5.41) is 11.5. The Labute approximate surface area is 175 Å². The zero-order chi connectivity index (χ0) is 21.3. The minimum Gasteiger partial charge on any atom is -0.372 e. The molecule has 0 atom stereocenters. The van der Waals surface area contributed by atoms with Crippen LogP contribution in [0.3, 0.4) is 0 Å². The number of nitrogens with one attached hydrogen (secondary N) is 1. The summed E-state index contributed by atoms with van der Waals surface area (Å²) in [4.78, 5) is 8.74. The zero-order valence-corrected chi connectivity index (χ0v) is 17.0. The Morgan fingerprint density at radius 1 is 1.20 bits per heavy atom. The highest BCUT2D eigenvalue weighted by Gasteiger charge is 2.31. The third kappa shape index (κ3) is 4.09. The number of hydrogen-bond donors (Lipinski definition) is 1. The monoisotopic (exact) mass is 432 g/mol. The number of aromatic nitrogens is 3. The summed E-state index contributed by atoms with van der Waals surface area (Å²) < 4.78 is 39.4. The van der Waals surface area contributed by atoms with E-state index in [-0.39, 0.29) is 0 Å². The van der Waals surface area contributed by atoms with Crippen molar-refractivity contribution in [3.63, 3.8) is 0 Å². The summed E-state index contributed by atoms with van der Waals surface area (Å²) in [6.45, 7) is 5.59. The molecule has 0 fully saturated rings. The quantitative estimate of drug-likeness (QED) is 0.636. The van der Waals surface area contributed by atoms with Gasteiger partial charge < -0.3 is 15.1 Å². The Balaban J connectivity index is 1.74. The van der Waals surface area contributed by atoms with Crippen molar-refractivity contribution in [3.05, 3.63) is 59.9 Å². The third-order valence-electron chi connectivity index (χ3n) is 4.82. The lowest BCUT2D eigenvalue weighted by atomic mass is 10.1. The lowest BCUT2D eigenvalue weighted by molar-refractivity contribution is -0.137. The first-order valence-corrected chi connectivity index (χ1v) is 10.1. The molecule has 3 heterocycles. The maximum Gasteiger partial charge on any atom is 0.416 e. The van der Waals surface area contributed by atoms with Crippen molar-refractivity contribution >= 4 is 28.0 Å². The number of halogens is 3. The smallest absolute Gasteiger partial charge is 0.372 e. The van der Waals surface area contributed by atoms with E-state index in [0.29, 0.717) is 34.6 Å². The second kappa shape index (κ2) is 7.94. The van der Waals surface area contributed by atoms with E-state index in [1.165, 1.54) is 17.4 Å². The van der Waals surface area contributed by atoms with Gasteiger partial charge >= 0.3 is 6.18 Å². The molecule has 10 heteroatoms. The molecule has 30 heavy (non-hydrogen) atoms. The Morgan fingerprint density at radius 3 is 2.77 bits per heavy atom. The van der Waals surface area contributed by atoms with Gasteiger partial charge in [0.15, 0.2) is 5.82 Å². The van der Waals surface area contributed by atoms with Gasteiger partial charge in [-0.3, -0.25) is 0 Å². The summed E-state index contributed by atoms with van der Waals surface area (Å²) >= 11 is 1.35. The van der Waals surface area contributed by atoms with Gasteiger partial charge in [0.2, 0.25) is 5.13 Å². The van der Waals surface area contributed by atoms with Gasteiger partial charge in [-0.1, -0.05) is 30.0 Å². The van der Waals surface area contributed by atoms with Gasteiger partial charge in [0, 0.05) is 25.7 Å². The van der Waals surface area contributed by atoms with Crippen LogP contribution in [0.4, 0.5) is 29.8 Å². The molecule has 1 aromatic carbocycles. The van der Waals surface area contributed by atoms with Crippen LogP contribution in [-0.2, 0) is 6.18 Å². The van der Waals surface area contributed by atoms with Crippen LogP contribution in [0.2, 0.25) is 0 Å². The van der Waals surface area contributed by atoms with E-state index in [9.17, 15) is 13.2 Å². The number of alkyl halides is 3. The fourth-order valence-electron chi connectivity index (χ4n) is 3.33. The summed E-state index contributed by atoms with van der Waals surface area (Å²) in [6, 6.07) is 8.83. The van der Waals surface area contributed by atoms with Crippen LogP contribution in [0.1, 0.15) is 12.0 Å². The minimum absolute atomic E-state index is 0.405. The van der Waals surface area contributed by atoms with Crippen molar-refractivity contribution < 1.29 is 13.2 Å². The molecule has 4 rings (SSSR count). The fraction of sp³-hybridized carbons (Fsp3) is 0.250. The average Bonchev–Trinajstić information content (AvgIpc) is 3.17. The third-order valence-corrected chi connectivity index (χ3v) is 5.43. The standard InChI is InChI=1S/C20H19F3N6S/c1-13(25-19-27-24-12-30-19)29-10-4-9-28(2)17-8-7-16(26-18(17)29)14-5-3-6-15(11-14)20(21,22)23/h3,5-8,11-12H,1,4,9-10H2,2H3,(H,25,27). The summed E-state index contributed by atoms with van der Waals surface area (Å²) in [6.07, 6.45) is -3.55. The minimum atomic E-state index is -4.41. The number of benzene rings is 1. The summed E-state index contributed by atoms with van der Waals surface area (Å²) in [5.41, 5.74) is 2.66. The van der Waals surface area contributed by atoms with E-state index in [2.05, 4.69) is 27.0 Å². The first-order valence-electron chi connectivity index (χ1n) is 9.22. The van der Waals surface area contributed by atoms with Crippen molar-refractivity contribution in [2.45, 2.75) is 12.6 Å². The van der Waals surface area contributed by atoms with E-state index >= 15 is 0 Å². The molecule has 0 amide bonds. The Morgan fingerprint density at radius 2 is 2.03 bits per heavy atom. The van der Waals surface area contributed by atoms with Gasteiger partial charge in [-0.25, -0.2) is 4.98 Å². The van der Waals surface area contributed by atoms with Crippen LogP contribution in [0.5, 0.6) is 0 Å². The van der Waals surface area contributed by atoms with Crippen LogP contribution < -0.4 is 15.1 Å². The highest BCUT2D eigenvalue weighted by molar-refractivity contribution is 7.13. The van der Waals surface area contributed by atoms with Gasteiger partial charge in [0.25, 0.3) is 0 Å². The van der Waals surface area contributed by atoms with E-state index in [4.69, 9.17) is 4.98 Å². The van der Waals surface area contributed by atoms with Crippen molar-refractivity contribution in [1.82, 2.24) is 15.2 Å². The Hall–Kier alpha value is -3.14. The van der Waals surface area contributed by atoms with Crippen molar-refractivity contribution in [2.24, 2.45) is 0 Å². The molecule has 1 aliphatic rings. The van der Waals surface area contributed by atoms with Gasteiger partial charge in [0.1, 0.15) is 11.3 Å². The summed E-state index contributed by atoms with van der Waals surface area (Å²) in [5.74, 6) is 1.21. The van der Waals surface area contributed by atoms with Crippen LogP contribution in [0, 0.1) is 0 Å². The molecule has 0 aliphatic carbocycles. The molecule has 1 aliphatic heterocycles. The molecule has 0 radical (unpaired) electrons. The largest absolute Gasteiger partial charge is 0.416 e. The SMILES string of the molecule is C=C(Nc1nncs1)N1CCCN(C)c2ccc(-c3cccc(C(F)(F)F)c3)nc21. The highest BCUT2D eigenvalue weighted by atomic mass is 32.1. The van der Waals surface area contributed by atoms with E-state index in [0.717, 1.165) is 30.8 Å². The van der Waals surface area contributed by atoms with E-state index in [1.54, 1.807) is 17.6 Å². The number of pyridine rings is 1. The summed E-state index contributed by atoms with van der Waals surface area (Å²) in [7, 11) is 1.97. The molecule has 0 spiro atoms. The molecule has 3 aromatic rings. The number of hydrogen-bond acceptors (Lipinski definition) is 7. The Kier molecular flexibility index (Phi) is 5.33. The molecule has 2 aromatic heterocycles. The van der Waals surface area contributed by atoms with Crippen molar-refractivity contribution in [2.75, 3.05) is 35.3 Å².